The van der Waals surface area contributed by atoms with Gasteiger partial charge < -0.3 is 10.8 Å². The monoisotopic (exact) mass is 181 g/mol. The second kappa shape index (κ2) is 2.76. The number of aromatic nitrogens is 2. The lowest BCUT2D eigenvalue weighted by atomic mass is 9.81. The normalized spacial score (nSPS) is 16.9. The summed E-state index contributed by atoms with van der Waals surface area (Å²) >= 11 is 0. The Balaban J connectivity index is 2.38. The number of nitrogens with zero attached hydrogens (tertiary/aromatic N) is 1. The van der Waals surface area contributed by atoms with Gasteiger partial charge in [0.1, 0.15) is 5.56 Å². The number of carbonyl (C=O) groups is 1. The lowest BCUT2D eigenvalue weighted by Crippen LogP contribution is -2.13. The van der Waals surface area contributed by atoms with Crippen molar-refractivity contribution in [3.63, 3.8) is 0 Å². The molecule has 0 aliphatic heterocycles. The van der Waals surface area contributed by atoms with Crippen molar-refractivity contribution in [2.45, 2.75) is 25.2 Å². The van der Waals surface area contributed by atoms with Crippen molar-refractivity contribution in [3.8, 4) is 0 Å². The van der Waals surface area contributed by atoms with Crippen LogP contribution in [0.4, 0.5) is 5.82 Å². The van der Waals surface area contributed by atoms with E-state index in [2.05, 4.69) is 10.2 Å². The molecule has 1 aliphatic carbocycles. The van der Waals surface area contributed by atoms with E-state index >= 15 is 0 Å². The fraction of sp³-hybridized carbons (Fsp3) is 0.500. The summed E-state index contributed by atoms with van der Waals surface area (Å²) < 4.78 is 0. The second-order valence-corrected chi connectivity index (χ2v) is 3.33. The Hall–Kier alpha value is -1.52. The summed E-state index contributed by atoms with van der Waals surface area (Å²) in [5, 5.41) is 15.3. The molecular weight excluding hydrogens is 170 g/mol. The van der Waals surface area contributed by atoms with Gasteiger partial charge in [0.15, 0.2) is 5.82 Å². The second-order valence-electron chi connectivity index (χ2n) is 3.33. The van der Waals surface area contributed by atoms with E-state index in [1.54, 1.807) is 0 Å². The Bertz CT molecular complexity index is 341. The highest BCUT2D eigenvalue weighted by Crippen LogP contribution is 2.37. The molecule has 1 saturated carbocycles. The zero-order chi connectivity index (χ0) is 9.42. The topological polar surface area (TPSA) is 92.0 Å². The Labute approximate surface area is 74.9 Å². The predicted molar refractivity (Wildman–Crippen MR) is 46.6 cm³/mol. The smallest absolute Gasteiger partial charge is 0.341 e. The molecule has 1 aliphatic rings. The maximum atomic E-state index is 10.8. The van der Waals surface area contributed by atoms with Gasteiger partial charge in [-0.15, -0.1) is 0 Å². The Morgan fingerprint density at radius 3 is 2.77 bits per heavy atom. The summed E-state index contributed by atoms with van der Waals surface area (Å²) in [5.41, 5.74) is 6.28. The summed E-state index contributed by atoms with van der Waals surface area (Å²) in [6, 6.07) is 0. The molecule has 0 spiro atoms. The highest BCUT2D eigenvalue weighted by atomic mass is 16.4. The van der Waals surface area contributed by atoms with Crippen LogP contribution >= 0.6 is 0 Å². The first-order chi connectivity index (χ1) is 6.20. The molecule has 5 nitrogen and oxygen atoms in total. The van der Waals surface area contributed by atoms with Crippen LogP contribution in [-0.2, 0) is 0 Å². The van der Waals surface area contributed by atoms with Gasteiger partial charge in [0, 0.05) is 5.92 Å². The van der Waals surface area contributed by atoms with Crippen molar-refractivity contribution in [1.82, 2.24) is 10.2 Å². The van der Waals surface area contributed by atoms with Crippen LogP contribution in [0.1, 0.15) is 41.2 Å². The molecule has 1 aromatic heterocycles. The van der Waals surface area contributed by atoms with Crippen LogP contribution in [0.3, 0.4) is 0 Å². The van der Waals surface area contributed by atoms with Crippen molar-refractivity contribution in [3.05, 3.63) is 11.3 Å². The number of nitrogens with two attached hydrogens (primary N) is 1. The van der Waals surface area contributed by atoms with Crippen LogP contribution in [0, 0.1) is 0 Å². The maximum absolute atomic E-state index is 10.8. The van der Waals surface area contributed by atoms with Gasteiger partial charge in [-0.25, -0.2) is 4.79 Å². The van der Waals surface area contributed by atoms with Gasteiger partial charge in [0.05, 0.1) is 5.69 Å². The van der Waals surface area contributed by atoms with E-state index in [4.69, 9.17) is 10.8 Å². The molecule has 1 fully saturated rings. The van der Waals surface area contributed by atoms with E-state index < -0.39 is 5.97 Å². The SMILES string of the molecule is Nc1n[nH]c(C2CCC2)c1C(=O)O. The first kappa shape index (κ1) is 8.10. The van der Waals surface area contributed by atoms with Gasteiger partial charge in [-0.2, -0.15) is 5.10 Å². The standard InChI is InChI=1S/C8H11N3O2/c9-7-5(8(12)13)6(10-11-7)4-2-1-3-4/h4H,1-3H2,(H,12,13)(H3,9,10,11). The number of hydrogen-bond donors (Lipinski definition) is 3. The number of carboxylic acids is 1. The summed E-state index contributed by atoms with van der Waals surface area (Å²) in [6.07, 6.45) is 3.21. The molecule has 4 N–H and O–H groups in total. The highest BCUT2D eigenvalue weighted by Gasteiger charge is 2.28. The van der Waals surface area contributed by atoms with Crippen LogP contribution in [0.25, 0.3) is 0 Å². The van der Waals surface area contributed by atoms with Crippen molar-refractivity contribution < 1.29 is 9.90 Å². The number of hydrogen-bond acceptors (Lipinski definition) is 3. The number of carboxylic acid groups (broad SMARTS) is 1. The Morgan fingerprint density at radius 1 is 1.62 bits per heavy atom. The molecular formula is C8H11N3O2. The first-order valence-electron chi connectivity index (χ1n) is 4.27. The van der Waals surface area contributed by atoms with E-state index in [1.165, 1.54) is 0 Å². The van der Waals surface area contributed by atoms with Crippen molar-refractivity contribution in [2.24, 2.45) is 0 Å². The third-order valence-electron chi connectivity index (χ3n) is 2.55. The summed E-state index contributed by atoms with van der Waals surface area (Å²) in [5.74, 6) is -0.585. The largest absolute Gasteiger partial charge is 0.477 e. The molecule has 0 amide bonds. The predicted octanol–water partition coefficient (Wildman–Crippen LogP) is 0.958. The minimum Gasteiger partial charge on any atom is -0.477 e. The molecule has 2 rings (SSSR count). The Morgan fingerprint density at radius 2 is 2.31 bits per heavy atom. The number of H-pyrrole nitrogens is 1. The zero-order valence-electron chi connectivity index (χ0n) is 7.08. The van der Waals surface area contributed by atoms with E-state index in [0.717, 1.165) is 19.3 Å². The number of anilines is 1. The summed E-state index contributed by atoms with van der Waals surface area (Å²) in [7, 11) is 0. The van der Waals surface area contributed by atoms with E-state index in [0.29, 0.717) is 11.6 Å². The molecule has 0 atom stereocenters. The molecule has 13 heavy (non-hydrogen) atoms. The zero-order valence-corrected chi connectivity index (χ0v) is 7.08. The lowest BCUT2D eigenvalue weighted by molar-refractivity contribution is 0.0695. The van der Waals surface area contributed by atoms with Crippen LogP contribution < -0.4 is 5.73 Å². The van der Waals surface area contributed by atoms with Crippen LogP contribution in [0.15, 0.2) is 0 Å². The molecule has 0 unspecified atom stereocenters. The molecule has 5 heteroatoms. The van der Waals surface area contributed by atoms with Gasteiger partial charge in [-0.05, 0) is 12.8 Å². The fourth-order valence-corrected chi connectivity index (χ4v) is 1.59. The maximum Gasteiger partial charge on any atom is 0.341 e. The molecule has 1 aromatic rings. The lowest BCUT2D eigenvalue weighted by Gasteiger charge is -2.24. The van der Waals surface area contributed by atoms with Gasteiger partial charge in [-0.1, -0.05) is 6.42 Å². The third-order valence-corrected chi connectivity index (χ3v) is 2.55. The van der Waals surface area contributed by atoms with Gasteiger partial charge in [0.25, 0.3) is 0 Å². The number of aromatic carboxylic acids is 1. The summed E-state index contributed by atoms with van der Waals surface area (Å²) in [4.78, 5) is 10.8. The number of rotatable bonds is 2. The van der Waals surface area contributed by atoms with Crippen LogP contribution in [0.5, 0.6) is 0 Å². The van der Waals surface area contributed by atoms with E-state index in [-0.39, 0.29) is 11.4 Å². The minimum atomic E-state index is -0.992. The van der Waals surface area contributed by atoms with Crippen molar-refractivity contribution in [1.29, 1.82) is 0 Å². The number of aromatic amines is 1. The van der Waals surface area contributed by atoms with E-state index in [9.17, 15) is 4.79 Å². The average Bonchev–Trinajstić information content (AvgIpc) is 2.28. The minimum absolute atomic E-state index is 0.0920. The van der Waals surface area contributed by atoms with Gasteiger partial charge in [-0.3, -0.25) is 5.10 Å². The van der Waals surface area contributed by atoms with E-state index in [1.807, 2.05) is 0 Å². The quantitative estimate of drug-likeness (QED) is 0.633. The van der Waals surface area contributed by atoms with Gasteiger partial charge >= 0.3 is 5.97 Å². The third kappa shape index (κ3) is 1.16. The van der Waals surface area contributed by atoms with Crippen LogP contribution in [0.2, 0.25) is 0 Å². The van der Waals surface area contributed by atoms with Gasteiger partial charge in [0.2, 0.25) is 0 Å². The van der Waals surface area contributed by atoms with Crippen molar-refractivity contribution >= 4 is 11.8 Å². The average molecular weight is 181 g/mol. The first-order valence-corrected chi connectivity index (χ1v) is 4.27. The van der Waals surface area contributed by atoms with Crippen LogP contribution in [-0.4, -0.2) is 21.3 Å². The molecule has 0 saturated heterocycles. The molecule has 0 aromatic carbocycles. The highest BCUT2D eigenvalue weighted by molar-refractivity contribution is 5.94. The fourth-order valence-electron chi connectivity index (χ4n) is 1.59. The molecule has 70 valence electrons. The molecule has 0 radical (unpaired) electrons. The number of nitrogens with one attached hydrogen (secondary N) is 1. The molecule has 0 bridgehead atoms. The number of nitrogen functional groups attached to an aromatic ring is 1. The summed E-state index contributed by atoms with van der Waals surface area (Å²) in [6.45, 7) is 0. The molecule has 1 heterocycles. The van der Waals surface area contributed by atoms with Crippen molar-refractivity contribution in [2.75, 3.05) is 5.73 Å². The Kier molecular flexibility index (Phi) is 1.72.